The van der Waals surface area contributed by atoms with Gasteiger partial charge in [-0.15, -0.1) is 0 Å². The van der Waals surface area contributed by atoms with Crippen molar-refractivity contribution in [2.45, 2.75) is 6.42 Å². The zero-order valence-corrected chi connectivity index (χ0v) is 14.9. The summed E-state index contributed by atoms with van der Waals surface area (Å²) in [5.74, 6) is -1.52. The summed E-state index contributed by atoms with van der Waals surface area (Å²) in [7, 11) is 5.20. The lowest BCUT2D eigenvalue weighted by Crippen LogP contribution is -2.21. The monoisotopic (exact) mass is 360 g/mol. The van der Waals surface area contributed by atoms with E-state index in [2.05, 4.69) is 5.32 Å². The molecule has 7 heteroatoms. The van der Waals surface area contributed by atoms with E-state index in [-0.39, 0.29) is 12.2 Å². The van der Waals surface area contributed by atoms with Gasteiger partial charge >= 0.3 is 5.97 Å². The van der Waals surface area contributed by atoms with Gasteiger partial charge in [-0.25, -0.2) is 4.39 Å². The minimum atomic E-state index is -0.618. The van der Waals surface area contributed by atoms with Gasteiger partial charge in [0, 0.05) is 25.5 Å². The molecule has 0 bridgehead atoms. The molecule has 0 fully saturated rings. The zero-order valence-electron chi connectivity index (χ0n) is 14.9. The van der Waals surface area contributed by atoms with Crippen LogP contribution in [0.3, 0.4) is 0 Å². The van der Waals surface area contributed by atoms with Crippen molar-refractivity contribution in [2.24, 2.45) is 0 Å². The number of halogens is 1. The summed E-state index contributed by atoms with van der Waals surface area (Å²) < 4.78 is 23.3. The maximum absolute atomic E-state index is 13.6. The van der Waals surface area contributed by atoms with Crippen molar-refractivity contribution in [3.63, 3.8) is 0 Å². The number of benzene rings is 2. The third-order valence-corrected chi connectivity index (χ3v) is 3.60. The van der Waals surface area contributed by atoms with Crippen molar-refractivity contribution < 1.29 is 23.5 Å². The molecule has 0 unspecified atom stereocenters. The quantitative estimate of drug-likeness (QED) is 0.769. The molecule has 2 rings (SSSR count). The van der Waals surface area contributed by atoms with Gasteiger partial charge in [0.25, 0.3) is 5.91 Å². The van der Waals surface area contributed by atoms with Crippen LogP contribution in [0.25, 0.3) is 0 Å². The maximum Gasteiger partial charge on any atom is 0.310 e. The molecule has 0 atom stereocenters. The first-order valence-electron chi connectivity index (χ1n) is 7.94. The van der Waals surface area contributed by atoms with E-state index >= 15 is 0 Å². The van der Waals surface area contributed by atoms with Crippen molar-refractivity contribution >= 4 is 23.3 Å². The Labute approximate surface area is 151 Å². The van der Waals surface area contributed by atoms with E-state index in [1.165, 1.54) is 19.2 Å². The predicted octanol–water partition coefficient (Wildman–Crippen LogP) is 2.62. The Hall–Kier alpha value is -3.09. The summed E-state index contributed by atoms with van der Waals surface area (Å²) in [5.41, 5.74) is 2.04. The second-order valence-corrected chi connectivity index (χ2v) is 5.80. The number of hydrogen-bond donors (Lipinski definition) is 1. The van der Waals surface area contributed by atoms with Crippen LogP contribution in [-0.2, 0) is 20.7 Å². The molecule has 0 heterocycles. The number of carbonyl (C=O) groups excluding carboxylic acids is 2. The largest absolute Gasteiger partial charge is 0.494 e. The minimum absolute atomic E-state index is 0.0989. The molecule has 0 spiro atoms. The fourth-order valence-electron chi connectivity index (χ4n) is 2.22. The minimum Gasteiger partial charge on any atom is -0.494 e. The number of methoxy groups -OCH3 is 1. The number of carbonyl (C=O) groups is 2. The summed E-state index contributed by atoms with van der Waals surface area (Å²) in [4.78, 5) is 25.6. The van der Waals surface area contributed by atoms with Crippen LogP contribution >= 0.6 is 0 Å². The number of esters is 1. The highest BCUT2D eigenvalue weighted by Crippen LogP contribution is 2.18. The number of nitrogens with zero attached hydrogens (tertiary/aromatic N) is 1. The fraction of sp³-hybridized carbons (Fsp3) is 0.263. The second kappa shape index (κ2) is 8.84. The smallest absolute Gasteiger partial charge is 0.310 e. The van der Waals surface area contributed by atoms with Gasteiger partial charge in [0.1, 0.15) is 0 Å². The summed E-state index contributed by atoms with van der Waals surface area (Å²) in [5, 5.41) is 2.64. The topological polar surface area (TPSA) is 67.9 Å². The van der Waals surface area contributed by atoms with Gasteiger partial charge in [0.15, 0.2) is 18.2 Å². The Balaban J connectivity index is 1.81. The summed E-state index contributed by atoms with van der Waals surface area (Å²) in [6.07, 6.45) is -0.133. The average molecular weight is 360 g/mol. The zero-order chi connectivity index (χ0) is 19.1. The lowest BCUT2D eigenvalue weighted by atomic mass is 10.1. The van der Waals surface area contributed by atoms with Gasteiger partial charge in [-0.1, -0.05) is 6.07 Å². The number of anilines is 2. The number of ether oxygens (including phenoxy) is 2. The lowest BCUT2D eigenvalue weighted by Gasteiger charge is -2.13. The molecule has 2 aromatic carbocycles. The molecule has 0 radical (unpaired) electrons. The van der Waals surface area contributed by atoms with E-state index < -0.39 is 24.3 Å². The highest BCUT2D eigenvalue weighted by Gasteiger charge is 2.11. The van der Waals surface area contributed by atoms with Gasteiger partial charge in [0.2, 0.25) is 0 Å². The van der Waals surface area contributed by atoms with Gasteiger partial charge < -0.3 is 19.7 Å². The number of amides is 1. The molecule has 0 aliphatic heterocycles. The fourth-order valence-corrected chi connectivity index (χ4v) is 2.22. The SMILES string of the molecule is COc1ccc(CC(=O)OCC(=O)Nc2ccc(N(C)C)cc2)cc1F. The van der Waals surface area contributed by atoms with Gasteiger partial charge in [-0.05, 0) is 42.0 Å². The van der Waals surface area contributed by atoms with Gasteiger partial charge in [-0.2, -0.15) is 0 Å². The van der Waals surface area contributed by atoms with Gasteiger partial charge in [-0.3, -0.25) is 9.59 Å². The first kappa shape index (κ1) is 19.2. The molecule has 0 aromatic heterocycles. The Morgan fingerprint density at radius 1 is 1.12 bits per heavy atom. The number of hydrogen-bond acceptors (Lipinski definition) is 5. The molecular formula is C19H21FN2O4. The summed E-state index contributed by atoms with van der Waals surface area (Å²) in [6.45, 7) is -0.410. The Morgan fingerprint density at radius 2 is 1.81 bits per heavy atom. The van der Waals surface area contributed by atoms with Crippen molar-refractivity contribution in [1.82, 2.24) is 0 Å². The lowest BCUT2D eigenvalue weighted by molar-refractivity contribution is -0.146. The van der Waals surface area contributed by atoms with Crippen LogP contribution < -0.4 is 15.0 Å². The summed E-state index contributed by atoms with van der Waals surface area (Å²) in [6, 6.07) is 11.4. The molecule has 0 aliphatic carbocycles. The third-order valence-electron chi connectivity index (χ3n) is 3.60. The van der Waals surface area contributed by atoms with E-state index in [0.29, 0.717) is 11.3 Å². The predicted molar refractivity (Wildman–Crippen MR) is 97.0 cm³/mol. The van der Waals surface area contributed by atoms with Crippen LogP contribution in [0.2, 0.25) is 0 Å². The molecule has 1 amide bonds. The van der Waals surface area contributed by atoms with Crippen LogP contribution in [0, 0.1) is 5.82 Å². The van der Waals surface area contributed by atoms with Crippen LogP contribution in [0.15, 0.2) is 42.5 Å². The highest BCUT2D eigenvalue weighted by molar-refractivity contribution is 5.93. The normalized spacial score (nSPS) is 10.2. The number of nitrogens with one attached hydrogen (secondary N) is 1. The molecule has 1 N–H and O–H groups in total. The molecule has 0 saturated carbocycles. The molecular weight excluding hydrogens is 339 g/mol. The molecule has 2 aromatic rings. The Morgan fingerprint density at radius 3 is 2.38 bits per heavy atom. The van der Waals surface area contributed by atoms with Crippen molar-refractivity contribution in [3.05, 3.63) is 53.8 Å². The second-order valence-electron chi connectivity index (χ2n) is 5.80. The van der Waals surface area contributed by atoms with Gasteiger partial charge in [0.05, 0.1) is 13.5 Å². The van der Waals surface area contributed by atoms with Crippen molar-refractivity contribution in [3.8, 4) is 5.75 Å². The van der Waals surface area contributed by atoms with E-state index in [9.17, 15) is 14.0 Å². The standard InChI is InChI=1S/C19H21FN2O4/c1-22(2)15-7-5-14(6-8-15)21-18(23)12-26-19(24)11-13-4-9-17(25-3)16(20)10-13/h4-10H,11-12H2,1-3H3,(H,21,23). The average Bonchev–Trinajstić information content (AvgIpc) is 2.60. The molecule has 26 heavy (non-hydrogen) atoms. The molecule has 138 valence electrons. The van der Waals surface area contributed by atoms with E-state index in [1.54, 1.807) is 18.2 Å². The van der Waals surface area contributed by atoms with Crippen LogP contribution in [0.5, 0.6) is 5.75 Å². The van der Waals surface area contributed by atoms with E-state index in [4.69, 9.17) is 9.47 Å². The van der Waals surface area contributed by atoms with Crippen LogP contribution in [0.1, 0.15) is 5.56 Å². The van der Waals surface area contributed by atoms with E-state index in [0.717, 1.165) is 5.69 Å². The molecule has 6 nitrogen and oxygen atoms in total. The first-order chi connectivity index (χ1) is 12.4. The van der Waals surface area contributed by atoms with Crippen LogP contribution in [0.4, 0.5) is 15.8 Å². The first-order valence-corrected chi connectivity index (χ1v) is 7.94. The Kier molecular flexibility index (Phi) is 6.54. The maximum atomic E-state index is 13.6. The van der Waals surface area contributed by atoms with Crippen LogP contribution in [-0.4, -0.2) is 39.7 Å². The third kappa shape index (κ3) is 5.47. The number of rotatable bonds is 7. The van der Waals surface area contributed by atoms with Crippen molar-refractivity contribution in [1.29, 1.82) is 0 Å². The van der Waals surface area contributed by atoms with Crippen molar-refractivity contribution in [2.75, 3.05) is 38.0 Å². The summed E-state index contributed by atoms with van der Waals surface area (Å²) >= 11 is 0. The Bertz CT molecular complexity index is 776. The molecule has 0 aliphatic rings. The molecule has 0 saturated heterocycles. The highest BCUT2D eigenvalue weighted by atomic mass is 19.1. The van der Waals surface area contributed by atoms with E-state index in [1.807, 2.05) is 31.1 Å².